The Morgan fingerprint density at radius 1 is 1.22 bits per heavy atom. The number of carbonyl (C=O) groups excluding carboxylic acids is 1. The van der Waals surface area contributed by atoms with E-state index in [4.69, 9.17) is 0 Å². The number of hydrogen-bond acceptors (Lipinski definition) is 4. The highest BCUT2D eigenvalue weighted by Crippen LogP contribution is 2.35. The average Bonchev–Trinajstić information content (AvgIpc) is 2.93. The van der Waals surface area contributed by atoms with Crippen molar-refractivity contribution in [2.75, 3.05) is 0 Å². The van der Waals surface area contributed by atoms with Crippen molar-refractivity contribution >= 4 is 11.6 Å². The van der Waals surface area contributed by atoms with E-state index in [2.05, 4.69) is 9.84 Å². The van der Waals surface area contributed by atoms with Crippen LogP contribution in [0.15, 0.2) is 29.4 Å². The fourth-order valence-corrected chi connectivity index (χ4v) is 2.12. The van der Waals surface area contributed by atoms with Crippen molar-refractivity contribution in [1.82, 2.24) is 5.01 Å². The molecular weight excluding hydrogens is 396 g/mol. The average molecular weight is 406 g/mol. The van der Waals surface area contributed by atoms with E-state index in [1.54, 1.807) is 0 Å². The van der Waals surface area contributed by atoms with Crippen molar-refractivity contribution in [1.29, 1.82) is 0 Å². The fourth-order valence-electron chi connectivity index (χ4n) is 2.12. The molecule has 0 aliphatic carbocycles. The molecular formula is C14H10F8N2O3. The minimum absolute atomic E-state index is 0.302. The molecule has 1 heterocycles. The molecule has 1 N–H and O–H groups in total. The van der Waals surface area contributed by atoms with Crippen LogP contribution < -0.4 is 4.74 Å². The maximum Gasteiger partial charge on any atom is 0.461 e. The second-order valence-electron chi connectivity index (χ2n) is 5.36. The summed E-state index contributed by atoms with van der Waals surface area (Å²) in [6.45, 7) is 0. The summed E-state index contributed by atoms with van der Waals surface area (Å²) in [5.74, 6) is -2.48. The molecule has 0 saturated carbocycles. The second kappa shape index (κ2) is 7.29. The van der Waals surface area contributed by atoms with Crippen molar-refractivity contribution in [3.63, 3.8) is 0 Å². The number of alkyl halides is 8. The maximum absolute atomic E-state index is 13.1. The van der Waals surface area contributed by atoms with E-state index in [0.717, 1.165) is 18.2 Å². The van der Waals surface area contributed by atoms with Gasteiger partial charge in [-0.25, -0.2) is 17.6 Å². The van der Waals surface area contributed by atoms with Crippen LogP contribution in [0.3, 0.4) is 0 Å². The lowest BCUT2D eigenvalue weighted by Gasteiger charge is -2.30. The number of hydrogen-bond donors (Lipinski definition) is 1. The largest absolute Gasteiger partial charge is 0.461 e. The van der Waals surface area contributed by atoms with Gasteiger partial charge in [-0.05, 0) is 18.2 Å². The summed E-state index contributed by atoms with van der Waals surface area (Å²) in [5.41, 5.74) is -5.27. The minimum atomic E-state index is -4.90. The monoisotopic (exact) mass is 406 g/mol. The first-order valence-corrected chi connectivity index (χ1v) is 7.04. The normalized spacial score (nSPS) is 20.6. The van der Waals surface area contributed by atoms with Gasteiger partial charge >= 0.3 is 12.5 Å². The molecule has 1 aliphatic heterocycles. The molecule has 0 radical (unpaired) electrons. The number of aliphatic hydroxyl groups is 1. The Balaban J connectivity index is 2.35. The van der Waals surface area contributed by atoms with E-state index in [0.29, 0.717) is 6.07 Å². The zero-order chi connectivity index (χ0) is 20.6. The summed E-state index contributed by atoms with van der Waals surface area (Å²) in [6, 6.07) is 3.02. The van der Waals surface area contributed by atoms with Crippen LogP contribution >= 0.6 is 0 Å². The van der Waals surface area contributed by atoms with E-state index in [9.17, 15) is 45.0 Å². The van der Waals surface area contributed by atoms with Gasteiger partial charge < -0.3 is 9.84 Å². The molecule has 1 aromatic carbocycles. The zero-order valence-corrected chi connectivity index (χ0v) is 12.9. The first-order chi connectivity index (χ1) is 12.4. The first-order valence-electron chi connectivity index (χ1n) is 7.04. The van der Waals surface area contributed by atoms with Crippen LogP contribution in [0.2, 0.25) is 0 Å². The van der Waals surface area contributed by atoms with Crippen LogP contribution in [0.4, 0.5) is 35.1 Å². The molecule has 0 aromatic heterocycles. The van der Waals surface area contributed by atoms with Crippen LogP contribution in [0.1, 0.15) is 16.8 Å². The standard InChI is InChI=1S/C14H10F8N2O3/c15-9(16)8-5-13(26,11(17)18)24(23-8)10(25)6-2-1-3-7(4-6)27-14(21,22)12(19)20/h1-4,9,11-12,26H,5H2. The van der Waals surface area contributed by atoms with Crippen LogP contribution in [-0.4, -0.2) is 52.8 Å². The molecule has 1 aliphatic rings. The number of ether oxygens (including phenoxy) is 1. The summed E-state index contributed by atoms with van der Waals surface area (Å²) in [5, 5.41) is 12.5. The lowest BCUT2D eigenvalue weighted by atomic mass is 10.1. The van der Waals surface area contributed by atoms with E-state index >= 15 is 0 Å². The van der Waals surface area contributed by atoms with Gasteiger partial charge in [0.1, 0.15) is 11.5 Å². The number of rotatable bonds is 6. The Bertz CT molecular complexity index is 743. The quantitative estimate of drug-likeness (QED) is 0.738. The number of benzene rings is 1. The van der Waals surface area contributed by atoms with Crippen molar-refractivity contribution in [2.45, 2.75) is 37.5 Å². The number of halogens is 8. The predicted molar refractivity (Wildman–Crippen MR) is 73.2 cm³/mol. The van der Waals surface area contributed by atoms with E-state index < -0.39 is 60.5 Å². The molecule has 2 rings (SSSR count). The molecule has 0 saturated heterocycles. The van der Waals surface area contributed by atoms with Gasteiger partial charge in [-0.3, -0.25) is 4.79 Å². The Morgan fingerprint density at radius 2 is 1.85 bits per heavy atom. The minimum Gasteiger partial charge on any atom is -0.428 e. The Labute approximate surface area is 145 Å². The summed E-state index contributed by atoms with van der Waals surface area (Å²) in [4.78, 5) is 12.3. The van der Waals surface area contributed by atoms with Gasteiger partial charge in [-0.2, -0.15) is 27.7 Å². The second-order valence-corrected chi connectivity index (χ2v) is 5.36. The van der Waals surface area contributed by atoms with Gasteiger partial charge in [0.2, 0.25) is 5.72 Å². The van der Waals surface area contributed by atoms with Gasteiger partial charge in [-0.15, -0.1) is 0 Å². The maximum atomic E-state index is 13.1. The van der Waals surface area contributed by atoms with E-state index in [-0.39, 0.29) is 5.01 Å². The van der Waals surface area contributed by atoms with Crippen LogP contribution in [-0.2, 0) is 0 Å². The molecule has 1 unspecified atom stereocenters. The third-order valence-corrected chi connectivity index (χ3v) is 3.42. The number of hydrazone groups is 1. The first kappa shape index (κ1) is 20.9. The molecule has 0 bridgehead atoms. The van der Waals surface area contributed by atoms with Crippen LogP contribution in [0.25, 0.3) is 0 Å². The summed E-state index contributed by atoms with van der Waals surface area (Å²) in [7, 11) is 0. The SMILES string of the molecule is O=C(c1cccc(OC(F)(F)C(F)F)c1)N1N=C(C(F)F)CC1(O)C(F)F. The van der Waals surface area contributed by atoms with Gasteiger partial charge in [-0.1, -0.05) is 6.07 Å². The summed E-state index contributed by atoms with van der Waals surface area (Å²) < 4.78 is 106. The van der Waals surface area contributed by atoms with Gasteiger partial charge in [0.25, 0.3) is 18.8 Å². The molecule has 27 heavy (non-hydrogen) atoms. The zero-order valence-electron chi connectivity index (χ0n) is 12.9. The van der Waals surface area contributed by atoms with Crippen LogP contribution in [0.5, 0.6) is 5.75 Å². The lowest BCUT2D eigenvalue weighted by molar-refractivity contribution is -0.253. The molecule has 5 nitrogen and oxygen atoms in total. The molecule has 13 heteroatoms. The number of nitrogens with zero attached hydrogens (tertiary/aromatic N) is 2. The van der Waals surface area contributed by atoms with Gasteiger partial charge in [0.15, 0.2) is 0 Å². The Morgan fingerprint density at radius 3 is 2.37 bits per heavy atom. The molecule has 0 fully saturated rings. The molecule has 1 atom stereocenters. The molecule has 1 aromatic rings. The molecule has 0 spiro atoms. The molecule has 150 valence electrons. The highest BCUT2D eigenvalue weighted by molar-refractivity contribution is 5.99. The fraction of sp³-hybridized carbons (Fsp3) is 0.429. The van der Waals surface area contributed by atoms with Crippen molar-refractivity contribution in [3.8, 4) is 5.75 Å². The smallest absolute Gasteiger partial charge is 0.428 e. The summed E-state index contributed by atoms with van der Waals surface area (Å²) in [6.07, 6.45) is -17.5. The van der Waals surface area contributed by atoms with Gasteiger partial charge in [0, 0.05) is 12.0 Å². The van der Waals surface area contributed by atoms with Crippen molar-refractivity contribution < 1.29 is 49.8 Å². The van der Waals surface area contributed by atoms with Crippen LogP contribution in [0, 0.1) is 0 Å². The Kier molecular flexibility index (Phi) is 5.63. The lowest BCUT2D eigenvalue weighted by Crippen LogP contribution is -2.51. The highest BCUT2D eigenvalue weighted by atomic mass is 19.3. The Hall–Kier alpha value is -2.44. The van der Waals surface area contributed by atoms with E-state index in [1.165, 1.54) is 0 Å². The van der Waals surface area contributed by atoms with Gasteiger partial charge in [0.05, 0.1) is 0 Å². The number of carbonyl (C=O) groups is 1. The highest BCUT2D eigenvalue weighted by Gasteiger charge is 2.53. The predicted octanol–water partition coefficient (Wildman–Crippen LogP) is 3.34. The molecule has 1 amide bonds. The third kappa shape index (κ3) is 4.12. The third-order valence-electron chi connectivity index (χ3n) is 3.42. The van der Waals surface area contributed by atoms with Crippen molar-refractivity contribution in [3.05, 3.63) is 29.8 Å². The number of amides is 1. The van der Waals surface area contributed by atoms with E-state index in [1.807, 2.05) is 0 Å². The topological polar surface area (TPSA) is 62.1 Å². The summed E-state index contributed by atoms with van der Waals surface area (Å²) >= 11 is 0. The van der Waals surface area contributed by atoms with Crippen molar-refractivity contribution in [2.24, 2.45) is 5.10 Å².